The van der Waals surface area contributed by atoms with Crippen molar-refractivity contribution in [2.45, 2.75) is 37.6 Å². The van der Waals surface area contributed by atoms with Gasteiger partial charge in [-0.05, 0) is 56.0 Å². The van der Waals surface area contributed by atoms with Gasteiger partial charge in [-0.2, -0.15) is 9.57 Å². The largest absolute Gasteiger partial charge is 0.497 e. The van der Waals surface area contributed by atoms with Gasteiger partial charge in [-0.3, -0.25) is 4.79 Å². The third-order valence-corrected chi connectivity index (χ3v) is 9.40. The number of carbonyl (C=O) groups is 2. The van der Waals surface area contributed by atoms with Crippen LogP contribution in [0.5, 0.6) is 5.75 Å². The van der Waals surface area contributed by atoms with Crippen LogP contribution < -0.4 is 10.1 Å². The number of ether oxygens (including phenoxy) is 2. The van der Waals surface area contributed by atoms with E-state index in [0.717, 1.165) is 10.4 Å². The number of hydrogen-bond acceptors (Lipinski definition) is 8. The number of methoxy groups -OCH3 is 1. The highest BCUT2D eigenvalue weighted by molar-refractivity contribution is 7.89. The number of anilines is 1. The van der Waals surface area contributed by atoms with E-state index in [2.05, 4.69) is 11.4 Å². The fourth-order valence-corrected chi connectivity index (χ4v) is 7.21. The number of benzene rings is 1. The molecule has 3 heterocycles. The first-order valence-electron chi connectivity index (χ1n) is 11.7. The van der Waals surface area contributed by atoms with Crippen molar-refractivity contribution in [3.63, 3.8) is 0 Å². The highest BCUT2D eigenvalue weighted by Gasteiger charge is 2.34. The van der Waals surface area contributed by atoms with Gasteiger partial charge in [0.1, 0.15) is 16.8 Å². The molecule has 0 bridgehead atoms. The minimum absolute atomic E-state index is 0.0593. The van der Waals surface area contributed by atoms with Crippen LogP contribution >= 0.6 is 11.3 Å². The van der Waals surface area contributed by atoms with E-state index < -0.39 is 22.0 Å². The molecule has 1 fully saturated rings. The number of hydrogen-bond donors (Lipinski definition) is 1. The Kier molecular flexibility index (Phi) is 7.82. The van der Waals surface area contributed by atoms with Crippen LogP contribution in [0.25, 0.3) is 0 Å². The molecule has 2 aliphatic rings. The summed E-state index contributed by atoms with van der Waals surface area (Å²) in [5.74, 6) is -0.308. The number of nitrogens with zero attached hydrogens (tertiary/aromatic N) is 3. The molecular weight excluding hydrogens is 504 g/mol. The van der Waals surface area contributed by atoms with Crippen molar-refractivity contribution in [1.29, 1.82) is 5.26 Å². The number of carbonyl (C=O) groups excluding carboxylic acids is 2. The third kappa shape index (κ3) is 5.18. The molecule has 192 valence electrons. The fraction of sp³-hybridized carbons (Fsp3) is 0.458. The first-order valence-corrected chi connectivity index (χ1v) is 14.0. The SMILES string of the molecule is CCOC(=O)N1CCc2c(sc(NC(=O)C3CCCN(S(=O)(=O)c4ccc(OC)cc4)C3)c2C#N)C1. The number of fused-ring (bicyclic) bond motifs is 1. The lowest BCUT2D eigenvalue weighted by atomic mass is 9.98. The van der Waals surface area contributed by atoms with E-state index in [9.17, 15) is 23.3 Å². The zero-order chi connectivity index (χ0) is 25.9. The molecule has 12 heteroatoms. The van der Waals surface area contributed by atoms with Crippen LogP contribution in [0.3, 0.4) is 0 Å². The van der Waals surface area contributed by atoms with Crippen molar-refractivity contribution in [2.75, 3.05) is 38.7 Å². The molecule has 1 unspecified atom stereocenters. The van der Waals surface area contributed by atoms with Gasteiger partial charge in [-0.25, -0.2) is 13.2 Å². The van der Waals surface area contributed by atoms with Crippen LogP contribution in [0, 0.1) is 17.2 Å². The van der Waals surface area contributed by atoms with E-state index in [4.69, 9.17) is 9.47 Å². The summed E-state index contributed by atoms with van der Waals surface area (Å²) in [6.07, 6.45) is 1.19. The van der Waals surface area contributed by atoms with E-state index in [1.165, 1.54) is 34.9 Å². The summed E-state index contributed by atoms with van der Waals surface area (Å²) in [5.41, 5.74) is 1.25. The van der Waals surface area contributed by atoms with Gasteiger partial charge in [0.25, 0.3) is 0 Å². The van der Waals surface area contributed by atoms with Gasteiger partial charge in [0, 0.05) is 24.5 Å². The fourth-order valence-electron chi connectivity index (χ4n) is 4.47. The minimum Gasteiger partial charge on any atom is -0.497 e. The van der Waals surface area contributed by atoms with E-state index in [1.54, 1.807) is 24.0 Å². The molecule has 2 aromatic rings. The van der Waals surface area contributed by atoms with Crippen molar-refractivity contribution >= 4 is 38.4 Å². The summed E-state index contributed by atoms with van der Waals surface area (Å²) in [7, 11) is -2.25. The van der Waals surface area contributed by atoms with Crippen molar-refractivity contribution in [1.82, 2.24) is 9.21 Å². The summed E-state index contributed by atoms with van der Waals surface area (Å²) in [4.78, 5) is 27.8. The Balaban J connectivity index is 1.47. The minimum atomic E-state index is -3.76. The molecule has 1 aromatic carbocycles. The second-order valence-electron chi connectivity index (χ2n) is 8.56. The summed E-state index contributed by atoms with van der Waals surface area (Å²) in [6.45, 7) is 3.17. The van der Waals surface area contributed by atoms with Crippen LogP contribution in [-0.4, -0.2) is 63.0 Å². The van der Waals surface area contributed by atoms with Crippen LogP contribution in [-0.2, 0) is 32.5 Å². The summed E-state index contributed by atoms with van der Waals surface area (Å²) in [5, 5.41) is 13.1. The quantitative estimate of drug-likeness (QED) is 0.605. The molecule has 1 atom stereocenters. The van der Waals surface area contributed by atoms with Gasteiger partial charge in [-0.1, -0.05) is 0 Å². The molecule has 0 saturated carbocycles. The van der Waals surface area contributed by atoms with E-state index in [0.29, 0.717) is 55.2 Å². The molecule has 2 amide bonds. The smallest absolute Gasteiger partial charge is 0.410 e. The topological polar surface area (TPSA) is 129 Å². The second kappa shape index (κ2) is 10.9. The Morgan fingerprint density at radius 3 is 2.67 bits per heavy atom. The number of thiophene rings is 1. The number of rotatable bonds is 6. The lowest BCUT2D eigenvalue weighted by Crippen LogP contribution is -2.43. The molecule has 36 heavy (non-hydrogen) atoms. The predicted molar refractivity (Wildman–Crippen MR) is 133 cm³/mol. The Bertz CT molecular complexity index is 1280. The Hall–Kier alpha value is -3.14. The van der Waals surface area contributed by atoms with E-state index >= 15 is 0 Å². The van der Waals surface area contributed by atoms with Crippen LogP contribution in [0.2, 0.25) is 0 Å². The summed E-state index contributed by atoms with van der Waals surface area (Å²) < 4.78 is 37.8. The highest BCUT2D eigenvalue weighted by atomic mass is 32.2. The first-order chi connectivity index (χ1) is 17.3. The van der Waals surface area contributed by atoms with Gasteiger partial charge in [0.2, 0.25) is 15.9 Å². The Morgan fingerprint density at radius 1 is 1.25 bits per heavy atom. The van der Waals surface area contributed by atoms with Gasteiger partial charge >= 0.3 is 6.09 Å². The third-order valence-electron chi connectivity index (χ3n) is 6.38. The normalized spacial score (nSPS) is 18.1. The van der Waals surface area contributed by atoms with Gasteiger partial charge in [-0.15, -0.1) is 11.3 Å². The maximum Gasteiger partial charge on any atom is 0.410 e. The van der Waals surface area contributed by atoms with Gasteiger partial charge in [0.05, 0.1) is 36.6 Å². The molecular formula is C24H28N4O6S2. The van der Waals surface area contributed by atoms with Crippen LogP contribution in [0.15, 0.2) is 29.2 Å². The number of piperidine rings is 1. The zero-order valence-corrected chi connectivity index (χ0v) is 21.8. The number of nitrogens with one attached hydrogen (secondary N) is 1. The second-order valence-corrected chi connectivity index (χ2v) is 11.6. The van der Waals surface area contributed by atoms with E-state index in [-0.39, 0.29) is 24.0 Å². The van der Waals surface area contributed by atoms with Crippen molar-refractivity contribution in [2.24, 2.45) is 5.92 Å². The van der Waals surface area contributed by atoms with Crippen molar-refractivity contribution < 1.29 is 27.5 Å². The monoisotopic (exact) mass is 532 g/mol. The van der Waals surface area contributed by atoms with Crippen LogP contribution in [0.1, 0.15) is 35.8 Å². The van der Waals surface area contributed by atoms with Crippen molar-refractivity contribution in [3.8, 4) is 11.8 Å². The van der Waals surface area contributed by atoms with Gasteiger partial charge in [0.15, 0.2) is 0 Å². The first kappa shape index (κ1) is 25.9. The molecule has 1 saturated heterocycles. The average Bonchev–Trinajstić information content (AvgIpc) is 3.24. The lowest BCUT2D eigenvalue weighted by Gasteiger charge is -2.31. The molecule has 0 spiro atoms. The Morgan fingerprint density at radius 2 is 2.00 bits per heavy atom. The summed E-state index contributed by atoms with van der Waals surface area (Å²) in [6, 6.07) is 8.35. The number of nitriles is 1. The molecule has 10 nitrogen and oxygen atoms in total. The number of amides is 2. The molecule has 0 aliphatic carbocycles. The predicted octanol–water partition coefficient (Wildman–Crippen LogP) is 3.18. The lowest BCUT2D eigenvalue weighted by molar-refractivity contribution is -0.120. The molecule has 4 rings (SSSR count). The maximum absolute atomic E-state index is 13.2. The number of sulfonamides is 1. The molecule has 1 aromatic heterocycles. The standard InChI is InChI=1S/C24H28N4O6S2/c1-3-34-24(30)27-12-10-19-20(13-25)23(35-21(19)15-27)26-22(29)16-5-4-11-28(14-16)36(31,32)18-8-6-17(33-2)7-9-18/h6-9,16H,3-5,10-12,14-15H2,1-2H3,(H,26,29). The summed E-state index contributed by atoms with van der Waals surface area (Å²) >= 11 is 1.28. The highest BCUT2D eigenvalue weighted by Crippen LogP contribution is 2.37. The molecule has 0 radical (unpaired) electrons. The average molecular weight is 533 g/mol. The molecule has 2 aliphatic heterocycles. The zero-order valence-electron chi connectivity index (χ0n) is 20.2. The maximum atomic E-state index is 13.2. The van der Waals surface area contributed by atoms with Crippen LogP contribution in [0.4, 0.5) is 9.80 Å². The van der Waals surface area contributed by atoms with E-state index in [1.807, 2.05) is 0 Å². The Labute approximate surface area is 214 Å². The molecule has 1 N–H and O–H groups in total. The van der Waals surface area contributed by atoms with Crippen molar-refractivity contribution in [3.05, 3.63) is 40.3 Å². The van der Waals surface area contributed by atoms with Gasteiger partial charge < -0.3 is 19.7 Å².